The number of benzene rings is 1. The highest BCUT2D eigenvalue weighted by Gasteiger charge is 2.19. The molecule has 1 N–H and O–H groups in total. The van der Waals surface area contributed by atoms with Crippen LogP contribution in [0.4, 0.5) is 5.69 Å². The molecule has 0 amide bonds. The Morgan fingerprint density at radius 3 is 1.89 bits per heavy atom. The predicted octanol–water partition coefficient (Wildman–Crippen LogP) is 6.68. The molecule has 2 aromatic rings. The fraction of sp³-hybridized carbons (Fsp3) is 0.100. The summed E-state index contributed by atoms with van der Waals surface area (Å²) in [5.41, 5.74) is 0.423. The molecule has 102 valence electrons. The molecular formula is C10H4Cl6N2S. The molecule has 0 fully saturated rings. The Labute approximate surface area is 143 Å². The minimum Gasteiger partial charge on any atom is -0.378 e. The monoisotopic (exact) mass is 394 g/mol. The third-order valence-corrected chi connectivity index (χ3v) is 5.57. The molecule has 0 unspecified atom stereocenters. The topological polar surface area (TPSA) is 24.9 Å². The van der Waals surface area contributed by atoms with Crippen molar-refractivity contribution in [2.45, 2.75) is 6.54 Å². The highest BCUT2D eigenvalue weighted by Crippen LogP contribution is 2.46. The largest absolute Gasteiger partial charge is 0.378 e. The van der Waals surface area contributed by atoms with Gasteiger partial charge in [-0.05, 0) is 0 Å². The first-order chi connectivity index (χ1) is 8.91. The van der Waals surface area contributed by atoms with Gasteiger partial charge >= 0.3 is 0 Å². The molecule has 0 aliphatic carbocycles. The number of anilines is 1. The van der Waals surface area contributed by atoms with Gasteiger partial charge in [-0.2, -0.15) is 0 Å². The lowest BCUT2D eigenvalue weighted by Gasteiger charge is -2.13. The van der Waals surface area contributed by atoms with Crippen LogP contribution in [0.15, 0.2) is 6.20 Å². The number of hydrogen-bond donors (Lipinski definition) is 1. The van der Waals surface area contributed by atoms with Crippen molar-refractivity contribution >= 4 is 86.6 Å². The van der Waals surface area contributed by atoms with Crippen LogP contribution >= 0.6 is 80.9 Å². The highest BCUT2D eigenvalue weighted by molar-refractivity contribution is 7.15. The number of aromatic nitrogens is 1. The Kier molecular flexibility index (Phi) is 5.34. The third kappa shape index (κ3) is 3.35. The Balaban J connectivity index is 2.30. The minimum absolute atomic E-state index is 0.129. The van der Waals surface area contributed by atoms with E-state index in [1.165, 1.54) is 11.3 Å². The summed E-state index contributed by atoms with van der Waals surface area (Å²) in [6.45, 7) is 0.443. The zero-order chi connectivity index (χ0) is 14.2. The van der Waals surface area contributed by atoms with Crippen LogP contribution in [0.5, 0.6) is 0 Å². The molecule has 0 aliphatic rings. The molecule has 19 heavy (non-hydrogen) atoms. The van der Waals surface area contributed by atoms with E-state index in [-0.39, 0.29) is 25.1 Å². The maximum Gasteiger partial charge on any atom is 0.183 e. The third-order valence-electron chi connectivity index (χ3n) is 2.17. The summed E-state index contributed by atoms with van der Waals surface area (Å²) >= 11 is 37.1. The molecule has 0 saturated carbocycles. The number of halogens is 6. The molecule has 0 saturated heterocycles. The van der Waals surface area contributed by atoms with Crippen LogP contribution in [-0.2, 0) is 6.54 Å². The minimum atomic E-state index is 0.129. The fourth-order valence-corrected chi connectivity index (χ4v) is 3.49. The van der Waals surface area contributed by atoms with E-state index in [2.05, 4.69) is 10.3 Å². The van der Waals surface area contributed by atoms with Crippen molar-refractivity contribution in [3.05, 3.63) is 40.7 Å². The van der Waals surface area contributed by atoms with Gasteiger partial charge in [-0.1, -0.05) is 69.6 Å². The molecule has 0 bridgehead atoms. The summed E-state index contributed by atoms with van der Waals surface area (Å²) < 4.78 is 0.459. The van der Waals surface area contributed by atoms with Crippen molar-refractivity contribution in [3.63, 3.8) is 0 Å². The number of nitrogens with zero attached hydrogens (tertiary/aromatic N) is 1. The molecule has 9 heteroatoms. The van der Waals surface area contributed by atoms with Crippen molar-refractivity contribution in [1.82, 2.24) is 4.98 Å². The molecule has 1 heterocycles. The van der Waals surface area contributed by atoms with Crippen molar-refractivity contribution in [2.75, 3.05) is 5.32 Å². The lowest BCUT2D eigenvalue weighted by atomic mass is 10.3. The predicted molar refractivity (Wildman–Crippen MR) is 85.9 cm³/mol. The second-order valence-corrected chi connectivity index (χ2v) is 6.97. The SMILES string of the molecule is Clc1ncc(CNc2c(Cl)c(Cl)c(Cl)c(Cl)c2Cl)s1. The fourth-order valence-electron chi connectivity index (χ4n) is 1.30. The molecule has 0 radical (unpaired) electrons. The zero-order valence-corrected chi connectivity index (χ0v) is 14.3. The number of rotatable bonds is 3. The van der Waals surface area contributed by atoms with E-state index >= 15 is 0 Å². The number of hydrogen-bond acceptors (Lipinski definition) is 3. The van der Waals surface area contributed by atoms with Crippen LogP contribution in [0, 0.1) is 0 Å². The Morgan fingerprint density at radius 1 is 0.895 bits per heavy atom. The van der Waals surface area contributed by atoms with E-state index in [4.69, 9.17) is 69.6 Å². The van der Waals surface area contributed by atoms with Gasteiger partial charge in [0.05, 0.1) is 37.3 Å². The second kappa shape index (κ2) is 6.44. The molecular weight excluding hydrogens is 393 g/mol. The highest BCUT2D eigenvalue weighted by atomic mass is 35.5. The maximum atomic E-state index is 6.09. The lowest BCUT2D eigenvalue weighted by molar-refractivity contribution is 1.17. The summed E-state index contributed by atoms with van der Waals surface area (Å²) in [6, 6.07) is 0. The van der Waals surface area contributed by atoms with Gasteiger partial charge in [0.15, 0.2) is 4.47 Å². The van der Waals surface area contributed by atoms with Gasteiger partial charge in [-0.3, -0.25) is 0 Å². The quantitative estimate of drug-likeness (QED) is 0.462. The van der Waals surface area contributed by atoms with Gasteiger partial charge < -0.3 is 5.32 Å². The van der Waals surface area contributed by atoms with E-state index < -0.39 is 0 Å². The van der Waals surface area contributed by atoms with Crippen molar-refractivity contribution in [3.8, 4) is 0 Å². The molecule has 0 spiro atoms. The molecule has 0 atom stereocenters. The first-order valence-electron chi connectivity index (χ1n) is 4.77. The second-order valence-electron chi connectivity index (χ2n) is 3.38. The van der Waals surface area contributed by atoms with Crippen molar-refractivity contribution in [1.29, 1.82) is 0 Å². The van der Waals surface area contributed by atoms with Crippen LogP contribution in [0.1, 0.15) is 4.88 Å². The van der Waals surface area contributed by atoms with E-state index in [1.807, 2.05) is 0 Å². The number of nitrogens with one attached hydrogen (secondary N) is 1. The van der Waals surface area contributed by atoms with E-state index in [1.54, 1.807) is 6.20 Å². The standard InChI is InChI=1S/C10H4Cl6N2S/c11-4-5(12)7(14)9(8(15)6(4)13)17-1-3-2-18-10(16)19-3/h2,17H,1H2. The van der Waals surface area contributed by atoms with Crippen molar-refractivity contribution in [2.24, 2.45) is 0 Å². The summed E-state index contributed by atoms with van der Waals surface area (Å²) in [7, 11) is 0. The van der Waals surface area contributed by atoms with Crippen LogP contribution in [0.3, 0.4) is 0 Å². The smallest absolute Gasteiger partial charge is 0.183 e. The van der Waals surface area contributed by atoms with Gasteiger partial charge in [-0.15, -0.1) is 11.3 Å². The molecule has 2 nitrogen and oxygen atoms in total. The normalized spacial score (nSPS) is 10.8. The van der Waals surface area contributed by atoms with Crippen LogP contribution < -0.4 is 5.32 Å². The maximum absolute atomic E-state index is 6.09. The Bertz CT molecular complexity index is 598. The molecule has 2 rings (SSSR count). The van der Waals surface area contributed by atoms with E-state index in [9.17, 15) is 0 Å². The molecule has 0 aliphatic heterocycles. The summed E-state index contributed by atoms with van der Waals surface area (Å²) in [4.78, 5) is 4.84. The first-order valence-corrected chi connectivity index (χ1v) is 7.85. The van der Waals surface area contributed by atoms with Crippen molar-refractivity contribution < 1.29 is 0 Å². The van der Waals surface area contributed by atoms with E-state index in [0.717, 1.165) is 4.88 Å². The summed E-state index contributed by atoms with van der Waals surface area (Å²) in [6.07, 6.45) is 1.65. The van der Waals surface area contributed by atoms with Gasteiger partial charge in [0.25, 0.3) is 0 Å². The summed E-state index contributed by atoms with van der Waals surface area (Å²) in [5, 5.41) is 3.92. The first kappa shape index (κ1) is 15.8. The van der Waals surface area contributed by atoms with Gasteiger partial charge in [0, 0.05) is 11.1 Å². The average molecular weight is 397 g/mol. The van der Waals surface area contributed by atoms with Crippen LogP contribution in [0.2, 0.25) is 29.6 Å². The Hall–Kier alpha value is 0.390. The van der Waals surface area contributed by atoms with E-state index in [0.29, 0.717) is 16.7 Å². The number of thiazole rings is 1. The molecule has 1 aromatic heterocycles. The Morgan fingerprint density at radius 2 is 1.42 bits per heavy atom. The average Bonchev–Trinajstić information content (AvgIpc) is 2.80. The zero-order valence-electron chi connectivity index (χ0n) is 8.91. The molecule has 1 aromatic carbocycles. The van der Waals surface area contributed by atoms with Crippen LogP contribution in [0.25, 0.3) is 0 Å². The lowest BCUT2D eigenvalue weighted by Crippen LogP contribution is -2.00. The summed E-state index contributed by atoms with van der Waals surface area (Å²) in [5.74, 6) is 0. The van der Waals surface area contributed by atoms with Crippen LogP contribution in [-0.4, -0.2) is 4.98 Å². The van der Waals surface area contributed by atoms with Gasteiger partial charge in [0.1, 0.15) is 0 Å². The van der Waals surface area contributed by atoms with Gasteiger partial charge in [0.2, 0.25) is 0 Å². The van der Waals surface area contributed by atoms with Gasteiger partial charge in [-0.25, -0.2) is 4.98 Å².